The Bertz CT molecular complexity index is 1160. The quantitative estimate of drug-likeness (QED) is 0.252. The van der Waals surface area contributed by atoms with Crippen molar-refractivity contribution < 1.29 is 14.3 Å². The third kappa shape index (κ3) is 8.36. The Morgan fingerprint density at radius 3 is 2.33 bits per heavy atom. The highest BCUT2D eigenvalue weighted by atomic mass is 79.9. The van der Waals surface area contributed by atoms with E-state index in [-0.39, 0.29) is 31.0 Å². The molecule has 190 valence electrons. The van der Waals surface area contributed by atoms with Crippen LogP contribution in [0.5, 0.6) is 5.75 Å². The van der Waals surface area contributed by atoms with Gasteiger partial charge in [0.15, 0.2) is 6.61 Å². The number of amides is 2. The van der Waals surface area contributed by atoms with E-state index < -0.39 is 6.04 Å². The molecule has 3 aromatic carbocycles. The van der Waals surface area contributed by atoms with Gasteiger partial charge in [0.05, 0.1) is 4.47 Å². The van der Waals surface area contributed by atoms with Crippen molar-refractivity contribution in [1.29, 1.82) is 0 Å². The Kier molecular flexibility index (Phi) is 10.8. The van der Waals surface area contributed by atoms with E-state index in [9.17, 15) is 9.59 Å². The number of hydrogen-bond acceptors (Lipinski definition) is 3. The van der Waals surface area contributed by atoms with Crippen molar-refractivity contribution in [2.75, 3.05) is 6.61 Å². The second-order valence-corrected chi connectivity index (χ2v) is 10.7. The number of ether oxygens (including phenoxy) is 1. The second kappa shape index (κ2) is 13.8. The van der Waals surface area contributed by atoms with Crippen LogP contribution in [0.4, 0.5) is 0 Å². The van der Waals surface area contributed by atoms with Crippen LogP contribution < -0.4 is 10.1 Å². The molecule has 3 rings (SSSR count). The first kappa shape index (κ1) is 28.2. The molecule has 5 nitrogen and oxygen atoms in total. The molecule has 0 saturated heterocycles. The summed E-state index contributed by atoms with van der Waals surface area (Å²) >= 11 is 12.9. The molecule has 2 amide bonds. The second-order valence-electron chi connectivity index (χ2n) is 8.53. The van der Waals surface area contributed by atoms with E-state index >= 15 is 0 Å². The molecule has 2 atom stereocenters. The standard InChI is InChI=1S/C28H29Br2ClN2O3/c1-3-19(2)32-28(35)25(15-20-7-5-4-6-8-20)33(17-21-9-11-22(29)12-10-21)27(34)18-36-26-14-13-23(31)16-24(26)30/h4-14,16,19,25H,3,15,17-18H2,1-2H3,(H,32,35)/t19-,25-/m1/s1. The molecule has 36 heavy (non-hydrogen) atoms. The average molecular weight is 637 g/mol. The molecule has 0 bridgehead atoms. The SMILES string of the molecule is CC[C@@H](C)NC(=O)[C@@H](Cc1ccccc1)N(Cc1ccc(Br)cc1)C(=O)COc1ccc(Cl)cc1Br. The Morgan fingerprint density at radius 2 is 1.69 bits per heavy atom. The van der Waals surface area contributed by atoms with Gasteiger partial charge in [0.25, 0.3) is 5.91 Å². The molecule has 0 saturated carbocycles. The van der Waals surface area contributed by atoms with Crippen molar-refractivity contribution in [2.45, 2.75) is 45.3 Å². The van der Waals surface area contributed by atoms with Crippen molar-refractivity contribution in [2.24, 2.45) is 0 Å². The maximum atomic E-state index is 13.6. The number of carbonyl (C=O) groups excluding carboxylic acids is 2. The van der Waals surface area contributed by atoms with E-state index in [0.29, 0.717) is 21.7 Å². The summed E-state index contributed by atoms with van der Waals surface area (Å²) in [4.78, 5) is 28.7. The summed E-state index contributed by atoms with van der Waals surface area (Å²) in [6.07, 6.45) is 1.17. The molecular weight excluding hydrogens is 608 g/mol. The van der Waals surface area contributed by atoms with Crippen LogP contribution in [0.1, 0.15) is 31.4 Å². The number of rotatable bonds is 11. The lowest BCUT2D eigenvalue weighted by Gasteiger charge is -2.32. The summed E-state index contributed by atoms with van der Waals surface area (Å²) in [5.74, 6) is 0.0198. The van der Waals surface area contributed by atoms with E-state index in [4.69, 9.17) is 16.3 Å². The van der Waals surface area contributed by atoms with Crippen molar-refractivity contribution >= 4 is 55.3 Å². The van der Waals surface area contributed by atoms with Gasteiger partial charge in [-0.2, -0.15) is 0 Å². The van der Waals surface area contributed by atoms with Crippen molar-refractivity contribution in [3.8, 4) is 5.75 Å². The lowest BCUT2D eigenvalue weighted by Crippen LogP contribution is -2.53. The highest BCUT2D eigenvalue weighted by Gasteiger charge is 2.31. The Hall–Kier alpha value is -2.35. The number of hydrogen-bond donors (Lipinski definition) is 1. The summed E-state index contributed by atoms with van der Waals surface area (Å²) in [5, 5.41) is 3.62. The summed E-state index contributed by atoms with van der Waals surface area (Å²) in [6, 6.07) is 21.8. The first-order valence-corrected chi connectivity index (χ1v) is 13.7. The minimum absolute atomic E-state index is 0.0123. The highest BCUT2D eigenvalue weighted by Crippen LogP contribution is 2.28. The van der Waals surface area contributed by atoms with Crippen LogP contribution in [0.3, 0.4) is 0 Å². The number of nitrogens with one attached hydrogen (secondary N) is 1. The summed E-state index contributed by atoms with van der Waals surface area (Å²) in [7, 11) is 0. The smallest absolute Gasteiger partial charge is 0.261 e. The first-order chi connectivity index (χ1) is 17.3. The molecule has 8 heteroatoms. The molecule has 3 aromatic rings. The zero-order valence-electron chi connectivity index (χ0n) is 20.2. The molecule has 0 spiro atoms. The molecule has 0 aromatic heterocycles. The number of halogens is 3. The van der Waals surface area contributed by atoms with E-state index in [0.717, 1.165) is 22.0 Å². The molecule has 0 heterocycles. The molecule has 0 fully saturated rings. The fourth-order valence-corrected chi connectivity index (χ4v) is 4.66. The Balaban J connectivity index is 1.91. The lowest BCUT2D eigenvalue weighted by molar-refractivity contribution is -0.143. The normalized spacial score (nSPS) is 12.5. The molecule has 0 aliphatic heterocycles. The Morgan fingerprint density at radius 1 is 1.00 bits per heavy atom. The van der Waals surface area contributed by atoms with Crippen molar-refractivity contribution in [1.82, 2.24) is 10.2 Å². The molecule has 0 unspecified atom stereocenters. The van der Waals surface area contributed by atoms with Gasteiger partial charge in [0.1, 0.15) is 11.8 Å². The Labute approximate surface area is 234 Å². The van der Waals surface area contributed by atoms with Crippen LogP contribution in [-0.4, -0.2) is 35.4 Å². The highest BCUT2D eigenvalue weighted by molar-refractivity contribution is 9.10. The van der Waals surface area contributed by atoms with Crippen LogP contribution in [0, 0.1) is 0 Å². The fourth-order valence-electron chi connectivity index (χ4n) is 3.60. The van der Waals surface area contributed by atoms with Gasteiger partial charge in [-0.05, 0) is 70.7 Å². The van der Waals surface area contributed by atoms with Crippen LogP contribution in [0.2, 0.25) is 5.02 Å². The summed E-state index contributed by atoms with van der Waals surface area (Å²) in [5.41, 5.74) is 1.88. The molecule has 1 N–H and O–H groups in total. The molecule has 0 aliphatic carbocycles. The largest absolute Gasteiger partial charge is 0.483 e. The van der Waals surface area contributed by atoms with Crippen LogP contribution in [-0.2, 0) is 22.6 Å². The minimum Gasteiger partial charge on any atom is -0.483 e. The lowest BCUT2D eigenvalue weighted by atomic mass is 10.0. The third-order valence-electron chi connectivity index (χ3n) is 5.78. The van der Waals surface area contributed by atoms with Crippen molar-refractivity contribution in [3.05, 3.63) is 97.9 Å². The topological polar surface area (TPSA) is 58.6 Å². The van der Waals surface area contributed by atoms with E-state index in [2.05, 4.69) is 37.2 Å². The van der Waals surface area contributed by atoms with Gasteiger partial charge in [0.2, 0.25) is 5.91 Å². The average Bonchev–Trinajstić information content (AvgIpc) is 2.87. The van der Waals surface area contributed by atoms with Gasteiger partial charge in [-0.1, -0.05) is 76.9 Å². The van der Waals surface area contributed by atoms with Gasteiger partial charge >= 0.3 is 0 Å². The number of benzene rings is 3. The molecule has 0 aliphatic rings. The van der Waals surface area contributed by atoms with Crippen molar-refractivity contribution in [3.63, 3.8) is 0 Å². The van der Waals surface area contributed by atoms with Gasteiger partial charge in [-0.25, -0.2) is 0 Å². The van der Waals surface area contributed by atoms with Gasteiger partial charge < -0.3 is 15.0 Å². The zero-order chi connectivity index (χ0) is 26.1. The van der Waals surface area contributed by atoms with E-state index in [1.54, 1.807) is 23.1 Å². The minimum atomic E-state index is -0.713. The van der Waals surface area contributed by atoms with Crippen LogP contribution in [0.15, 0.2) is 81.7 Å². The first-order valence-electron chi connectivity index (χ1n) is 11.7. The maximum absolute atomic E-state index is 13.6. The van der Waals surface area contributed by atoms with Crippen LogP contribution in [0.25, 0.3) is 0 Å². The van der Waals surface area contributed by atoms with Gasteiger partial charge in [0, 0.05) is 28.5 Å². The van der Waals surface area contributed by atoms with E-state index in [1.807, 2.05) is 68.4 Å². The van der Waals surface area contributed by atoms with Gasteiger partial charge in [-0.15, -0.1) is 0 Å². The van der Waals surface area contributed by atoms with Gasteiger partial charge in [-0.3, -0.25) is 9.59 Å². The molecule has 0 radical (unpaired) electrons. The predicted octanol–water partition coefficient (Wildman–Crippen LogP) is 6.80. The number of nitrogens with zero attached hydrogens (tertiary/aromatic N) is 1. The maximum Gasteiger partial charge on any atom is 0.261 e. The predicted molar refractivity (Wildman–Crippen MR) is 151 cm³/mol. The fraction of sp³-hybridized carbons (Fsp3) is 0.286. The zero-order valence-corrected chi connectivity index (χ0v) is 24.1. The van der Waals surface area contributed by atoms with E-state index in [1.165, 1.54) is 0 Å². The molecular formula is C28H29Br2ClN2O3. The summed E-state index contributed by atoms with van der Waals surface area (Å²) < 4.78 is 7.43. The van der Waals surface area contributed by atoms with Crippen LogP contribution >= 0.6 is 43.5 Å². The third-order valence-corrected chi connectivity index (χ3v) is 7.17. The number of carbonyl (C=O) groups is 2. The monoisotopic (exact) mass is 634 g/mol. The summed E-state index contributed by atoms with van der Waals surface area (Å²) in [6.45, 7) is 4.01.